The highest BCUT2D eigenvalue weighted by Crippen LogP contribution is 2.19. The van der Waals surface area contributed by atoms with Crippen LogP contribution in [0.25, 0.3) is 0 Å². The fourth-order valence-electron chi connectivity index (χ4n) is 2.44. The lowest BCUT2D eigenvalue weighted by molar-refractivity contribution is -0.143. The first-order valence-electron chi connectivity index (χ1n) is 8.28. The molecule has 0 spiro atoms. The third kappa shape index (κ3) is 7.17. The van der Waals surface area contributed by atoms with Gasteiger partial charge in [0.05, 0.1) is 12.2 Å². The molecule has 0 aliphatic carbocycles. The molecule has 0 atom stereocenters. The molecule has 0 aliphatic rings. The van der Waals surface area contributed by atoms with Gasteiger partial charge in [0.1, 0.15) is 0 Å². The number of anilines is 1. The van der Waals surface area contributed by atoms with Crippen LogP contribution in [0.1, 0.15) is 61.4 Å². The zero-order valence-electron chi connectivity index (χ0n) is 14.1. The highest BCUT2D eigenvalue weighted by Gasteiger charge is 2.09. The van der Waals surface area contributed by atoms with Gasteiger partial charge in [-0.25, -0.2) is 4.79 Å². The number of benzene rings is 1. The van der Waals surface area contributed by atoms with Gasteiger partial charge in [-0.2, -0.15) is 0 Å². The quantitative estimate of drug-likeness (QED) is 0.476. The minimum atomic E-state index is -0.896. The van der Waals surface area contributed by atoms with Gasteiger partial charge < -0.3 is 15.2 Å². The van der Waals surface area contributed by atoms with E-state index in [9.17, 15) is 9.59 Å². The Morgan fingerprint density at radius 1 is 1.13 bits per heavy atom. The van der Waals surface area contributed by atoms with Gasteiger partial charge in [-0.3, -0.25) is 4.79 Å². The number of carboxylic acids is 1. The molecule has 0 heterocycles. The van der Waals surface area contributed by atoms with Crippen LogP contribution < -0.4 is 5.32 Å². The van der Waals surface area contributed by atoms with E-state index in [2.05, 4.69) is 5.32 Å². The number of carbonyl (C=O) groups is 2. The average molecular weight is 321 g/mol. The summed E-state index contributed by atoms with van der Waals surface area (Å²) < 4.78 is 4.88. The first kappa shape index (κ1) is 19.0. The van der Waals surface area contributed by atoms with Gasteiger partial charge in [0.25, 0.3) is 0 Å². The third-order valence-corrected chi connectivity index (χ3v) is 3.74. The van der Waals surface area contributed by atoms with Crippen molar-refractivity contribution in [3.63, 3.8) is 0 Å². The van der Waals surface area contributed by atoms with Gasteiger partial charge in [0.2, 0.25) is 0 Å². The van der Waals surface area contributed by atoms with E-state index in [-0.39, 0.29) is 5.97 Å². The van der Waals surface area contributed by atoms with E-state index in [1.165, 1.54) is 0 Å². The van der Waals surface area contributed by atoms with Crippen molar-refractivity contribution < 1.29 is 19.4 Å². The SMILES string of the molecule is CCOC(=O)CCCCCCCNc1cccc(C(=O)O)c1C. The van der Waals surface area contributed by atoms with Gasteiger partial charge in [0.15, 0.2) is 0 Å². The Kier molecular flexibility index (Phi) is 8.80. The maximum Gasteiger partial charge on any atom is 0.336 e. The molecule has 1 aromatic rings. The normalized spacial score (nSPS) is 10.3. The minimum absolute atomic E-state index is 0.108. The minimum Gasteiger partial charge on any atom is -0.478 e. The standard InChI is InChI=1S/C18H27NO4/c1-3-23-17(20)12-7-5-4-6-8-13-19-16-11-9-10-15(14(16)2)18(21)22/h9-11,19H,3-8,12-13H2,1-2H3,(H,21,22). The van der Waals surface area contributed by atoms with E-state index in [4.69, 9.17) is 9.84 Å². The molecule has 0 aromatic heterocycles. The molecule has 0 unspecified atom stereocenters. The Hall–Kier alpha value is -2.04. The molecule has 2 N–H and O–H groups in total. The largest absolute Gasteiger partial charge is 0.478 e. The lowest BCUT2D eigenvalue weighted by Gasteiger charge is -2.11. The van der Waals surface area contributed by atoms with Crippen molar-refractivity contribution in [2.24, 2.45) is 0 Å². The van der Waals surface area contributed by atoms with E-state index >= 15 is 0 Å². The predicted molar refractivity (Wildman–Crippen MR) is 91.0 cm³/mol. The first-order valence-corrected chi connectivity index (χ1v) is 8.28. The van der Waals surface area contributed by atoms with Crippen LogP contribution in [0.5, 0.6) is 0 Å². The topological polar surface area (TPSA) is 75.6 Å². The number of nitrogens with one attached hydrogen (secondary N) is 1. The number of hydrogen-bond donors (Lipinski definition) is 2. The molecule has 5 heteroatoms. The summed E-state index contributed by atoms with van der Waals surface area (Å²) >= 11 is 0. The molecule has 23 heavy (non-hydrogen) atoms. The van der Waals surface area contributed by atoms with Gasteiger partial charge in [-0.15, -0.1) is 0 Å². The van der Waals surface area contributed by atoms with E-state index < -0.39 is 5.97 Å². The summed E-state index contributed by atoms with van der Waals surface area (Å²) in [4.78, 5) is 22.2. The monoisotopic (exact) mass is 321 g/mol. The van der Waals surface area contributed by atoms with Crippen LogP contribution in [-0.2, 0) is 9.53 Å². The summed E-state index contributed by atoms with van der Waals surface area (Å²) in [6, 6.07) is 5.28. The third-order valence-electron chi connectivity index (χ3n) is 3.74. The number of esters is 1. The van der Waals surface area contributed by atoms with Crippen molar-refractivity contribution in [3.8, 4) is 0 Å². The molecule has 128 valence electrons. The average Bonchev–Trinajstić information content (AvgIpc) is 2.51. The molecule has 5 nitrogen and oxygen atoms in total. The second-order valence-electron chi connectivity index (χ2n) is 5.53. The molecule has 0 saturated carbocycles. The smallest absolute Gasteiger partial charge is 0.336 e. The van der Waals surface area contributed by atoms with E-state index in [1.54, 1.807) is 12.1 Å². The van der Waals surface area contributed by atoms with Crippen LogP contribution in [0, 0.1) is 6.92 Å². The number of hydrogen-bond acceptors (Lipinski definition) is 4. The van der Waals surface area contributed by atoms with Crippen LogP contribution in [-0.4, -0.2) is 30.2 Å². The lowest BCUT2D eigenvalue weighted by Crippen LogP contribution is -2.07. The van der Waals surface area contributed by atoms with Crippen LogP contribution in [0.15, 0.2) is 18.2 Å². The number of carboxylic acid groups (broad SMARTS) is 1. The molecule has 1 aromatic carbocycles. The van der Waals surface area contributed by atoms with Gasteiger partial charge >= 0.3 is 11.9 Å². The van der Waals surface area contributed by atoms with Crippen LogP contribution in [0.4, 0.5) is 5.69 Å². The number of aromatic carboxylic acids is 1. The van der Waals surface area contributed by atoms with Crippen LogP contribution in [0.3, 0.4) is 0 Å². The maximum absolute atomic E-state index is 11.2. The van der Waals surface area contributed by atoms with Gasteiger partial charge in [0, 0.05) is 18.7 Å². The van der Waals surface area contributed by atoms with E-state index in [0.29, 0.717) is 18.6 Å². The van der Waals surface area contributed by atoms with E-state index in [0.717, 1.165) is 49.9 Å². The van der Waals surface area contributed by atoms with Crippen LogP contribution in [0.2, 0.25) is 0 Å². The predicted octanol–water partition coefficient (Wildman–Crippen LogP) is 4.01. The number of rotatable bonds is 11. The van der Waals surface area contributed by atoms with Gasteiger partial charge in [-0.1, -0.05) is 25.3 Å². The van der Waals surface area contributed by atoms with Crippen molar-refractivity contribution in [2.45, 2.75) is 52.4 Å². The Labute approximate surface area is 138 Å². The summed E-state index contributed by atoms with van der Waals surface area (Å²) in [5.74, 6) is -1.00. The molecule has 0 aliphatic heterocycles. The first-order chi connectivity index (χ1) is 11.1. The molecule has 1 rings (SSSR count). The molecule has 0 bridgehead atoms. The fourth-order valence-corrected chi connectivity index (χ4v) is 2.44. The number of carbonyl (C=O) groups excluding carboxylic acids is 1. The zero-order valence-corrected chi connectivity index (χ0v) is 14.1. The summed E-state index contributed by atoms with van der Waals surface area (Å²) in [6.45, 7) is 4.91. The summed E-state index contributed by atoms with van der Waals surface area (Å²) in [7, 11) is 0. The second kappa shape index (κ2) is 10.6. The summed E-state index contributed by atoms with van der Waals surface area (Å²) in [5.41, 5.74) is 2.00. The highest BCUT2D eigenvalue weighted by atomic mass is 16.5. The molecule has 0 amide bonds. The Balaban J connectivity index is 2.15. The molecule has 0 saturated heterocycles. The molecule has 0 fully saturated rings. The lowest BCUT2D eigenvalue weighted by atomic mass is 10.1. The molecule has 0 radical (unpaired) electrons. The zero-order chi connectivity index (χ0) is 17.1. The maximum atomic E-state index is 11.2. The van der Waals surface area contributed by atoms with Crippen molar-refractivity contribution in [1.82, 2.24) is 0 Å². The highest BCUT2D eigenvalue weighted by molar-refractivity contribution is 5.91. The van der Waals surface area contributed by atoms with Crippen molar-refractivity contribution >= 4 is 17.6 Å². The summed E-state index contributed by atoms with van der Waals surface area (Å²) in [5, 5.41) is 12.4. The van der Waals surface area contributed by atoms with Crippen molar-refractivity contribution in [3.05, 3.63) is 29.3 Å². The fraction of sp³-hybridized carbons (Fsp3) is 0.556. The van der Waals surface area contributed by atoms with E-state index in [1.807, 2.05) is 19.9 Å². The Bertz CT molecular complexity index is 514. The van der Waals surface area contributed by atoms with Gasteiger partial charge in [-0.05, 0) is 44.4 Å². The van der Waals surface area contributed by atoms with Crippen molar-refractivity contribution in [1.29, 1.82) is 0 Å². The van der Waals surface area contributed by atoms with Crippen molar-refractivity contribution in [2.75, 3.05) is 18.5 Å². The molecular formula is C18H27NO4. The Morgan fingerprint density at radius 3 is 2.52 bits per heavy atom. The molecular weight excluding hydrogens is 294 g/mol. The summed E-state index contributed by atoms with van der Waals surface area (Å²) in [6.07, 6.45) is 5.63. The number of ether oxygens (including phenoxy) is 1. The van der Waals surface area contributed by atoms with Crippen LogP contribution >= 0.6 is 0 Å². The Morgan fingerprint density at radius 2 is 1.83 bits per heavy atom. The number of unbranched alkanes of at least 4 members (excludes halogenated alkanes) is 4. The second-order valence-corrected chi connectivity index (χ2v) is 5.53.